The number of furan rings is 1. The van der Waals surface area contributed by atoms with Crippen molar-refractivity contribution < 1.29 is 23.8 Å². The summed E-state index contributed by atoms with van der Waals surface area (Å²) in [5, 5.41) is 11.6. The van der Waals surface area contributed by atoms with Gasteiger partial charge in [0.25, 0.3) is 5.91 Å². The first-order valence-electron chi connectivity index (χ1n) is 4.64. The van der Waals surface area contributed by atoms with Crippen LogP contribution in [0.4, 0.5) is 0 Å². The average molecular weight is 227 g/mol. The fraction of sp³-hybridized carbons (Fsp3) is 0.400. The van der Waals surface area contributed by atoms with Gasteiger partial charge in [0.15, 0.2) is 6.10 Å². The molecule has 1 rings (SSSR count). The Bertz CT molecular complexity index is 384. The smallest absolute Gasteiger partial charge is 0.336 e. The number of aliphatic hydroxyl groups is 1. The molecule has 0 saturated carbocycles. The number of carbonyl (C=O) groups is 2. The molecule has 0 aliphatic heterocycles. The fourth-order valence-corrected chi connectivity index (χ4v) is 1.07. The van der Waals surface area contributed by atoms with E-state index in [4.69, 9.17) is 4.42 Å². The SMILES string of the molecule is COC(=O)C(O)CNC(=O)c1coc(C)c1. The third-order valence-electron chi connectivity index (χ3n) is 1.92. The second-order valence-electron chi connectivity index (χ2n) is 3.20. The van der Waals surface area contributed by atoms with Gasteiger partial charge in [-0.15, -0.1) is 0 Å². The Morgan fingerprint density at radius 1 is 1.62 bits per heavy atom. The molecule has 0 radical (unpaired) electrons. The summed E-state index contributed by atoms with van der Waals surface area (Å²) < 4.78 is 9.24. The fourth-order valence-electron chi connectivity index (χ4n) is 1.07. The largest absolute Gasteiger partial charge is 0.469 e. The highest BCUT2D eigenvalue weighted by molar-refractivity contribution is 5.94. The van der Waals surface area contributed by atoms with Gasteiger partial charge >= 0.3 is 5.97 Å². The van der Waals surface area contributed by atoms with Gasteiger partial charge in [-0.25, -0.2) is 4.79 Å². The molecule has 0 aliphatic carbocycles. The lowest BCUT2D eigenvalue weighted by atomic mass is 10.3. The molecule has 1 aromatic heterocycles. The third kappa shape index (κ3) is 3.09. The Balaban J connectivity index is 2.44. The lowest BCUT2D eigenvalue weighted by molar-refractivity contribution is -0.149. The Labute approximate surface area is 92.2 Å². The summed E-state index contributed by atoms with van der Waals surface area (Å²) in [6.45, 7) is 1.51. The second-order valence-corrected chi connectivity index (χ2v) is 3.20. The number of hydrogen-bond acceptors (Lipinski definition) is 5. The Morgan fingerprint density at radius 2 is 2.31 bits per heavy atom. The molecule has 88 valence electrons. The van der Waals surface area contributed by atoms with Crippen LogP contribution in [0.5, 0.6) is 0 Å². The van der Waals surface area contributed by atoms with Crippen molar-refractivity contribution in [3.63, 3.8) is 0 Å². The zero-order valence-corrected chi connectivity index (χ0v) is 9.02. The molecule has 16 heavy (non-hydrogen) atoms. The van der Waals surface area contributed by atoms with Crippen molar-refractivity contribution in [3.05, 3.63) is 23.7 Å². The standard InChI is InChI=1S/C10H13NO5/c1-6-3-7(5-16-6)9(13)11-4-8(12)10(14)15-2/h3,5,8,12H,4H2,1-2H3,(H,11,13). The number of carbonyl (C=O) groups excluding carboxylic acids is 2. The number of rotatable bonds is 4. The number of hydrogen-bond donors (Lipinski definition) is 2. The number of esters is 1. The summed E-state index contributed by atoms with van der Waals surface area (Å²) in [6.07, 6.45) is -0.0585. The van der Waals surface area contributed by atoms with Gasteiger partial charge in [-0.1, -0.05) is 0 Å². The van der Waals surface area contributed by atoms with Crippen molar-refractivity contribution in [2.45, 2.75) is 13.0 Å². The molecule has 0 aliphatic rings. The molecule has 0 fully saturated rings. The number of methoxy groups -OCH3 is 1. The molecule has 1 amide bonds. The summed E-state index contributed by atoms with van der Waals surface area (Å²) in [6, 6.07) is 1.56. The van der Waals surface area contributed by atoms with E-state index < -0.39 is 18.0 Å². The molecule has 0 saturated heterocycles. The summed E-state index contributed by atoms with van der Waals surface area (Å²) in [7, 11) is 1.16. The van der Waals surface area contributed by atoms with Gasteiger partial charge < -0.3 is 19.6 Å². The van der Waals surface area contributed by atoms with Crippen LogP contribution in [0.25, 0.3) is 0 Å². The average Bonchev–Trinajstić information content (AvgIpc) is 2.71. The molecular weight excluding hydrogens is 214 g/mol. The van der Waals surface area contributed by atoms with E-state index in [1.165, 1.54) is 6.26 Å². The first-order chi connectivity index (χ1) is 7.54. The van der Waals surface area contributed by atoms with Gasteiger partial charge in [-0.3, -0.25) is 4.79 Å². The van der Waals surface area contributed by atoms with Crippen LogP contribution < -0.4 is 5.32 Å². The number of ether oxygens (including phenoxy) is 1. The van der Waals surface area contributed by atoms with E-state index in [-0.39, 0.29) is 6.54 Å². The van der Waals surface area contributed by atoms with Crippen molar-refractivity contribution in [3.8, 4) is 0 Å². The minimum Gasteiger partial charge on any atom is -0.469 e. The first kappa shape index (κ1) is 12.3. The number of aryl methyl sites for hydroxylation is 1. The summed E-state index contributed by atoms with van der Waals surface area (Å²) >= 11 is 0. The van der Waals surface area contributed by atoms with E-state index in [2.05, 4.69) is 10.1 Å². The maximum absolute atomic E-state index is 11.4. The molecule has 0 aromatic carbocycles. The van der Waals surface area contributed by atoms with Crippen LogP contribution >= 0.6 is 0 Å². The summed E-state index contributed by atoms with van der Waals surface area (Å²) in [4.78, 5) is 22.3. The lowest BCUT2D eigenvalue weighted by Gasteiger charge is -2.08. The highest BCUT2D eigenvalue weighted by Crippen LogP contribution is 2.05. The minimum absolute atomic E-state index is 0.199. The van der Waals surface area contributed by atoms with E-state index in [9.17, 15) is 14.7 Å². The number of nitrogens with one attached hydrogen (secondary N) is 1. The van der Waals surface area contributed by atoms with Crippen molar-refractivity contribution >= 4 is 11.9 Å². The van der Waals surface area contributed by atoms with Crippen LogP contribution in [0.15, 0.2) is 16.7 Å². The summed E-state index contributed by atoms with van der Waals surface area (Å²) in [5.74, 6) is -0.595. The van der Waals surface area contributed by atoms with Gasteiger partial charge in [0.05, 0.1) is 19.2 Å². The molecule has 0 spiro atoms. The van der Waals surface area contributed by atoms with Crippen LogP contribution in [-0.4, -0.2) is 36.7 Å². The quantitative estimate of drug-likeness (QED) is 0.698. The molecule has 6 nitrogen and oxygen atoms in total. The molecule has 6 heteroatoms. The van der Waals surface area contributed by atoms with Crippen molar-refractivity contribution in [1.29, 1.82) is 0 Å². The lowest BCUT2D eigenvalue weighted by Crippen LogP contribution is -2.37. The van der Waals surface area contributed by atoms with Gasteiger partial charge in [0.2, 0.25) is 0 Å². The van der Waals surface area contributed by atoms with Crippen molar-refractivity contribution in [2.24, 2.45) is 0 Å². The normalized spacial score (nSPS) is 11.9. The molecular formula is C10H13NO5. The monoisotopic (exact) mass is 227 g/mol. The molecule has 1 heterocycles. The van der Waals surface area contributed by atoms with Crippen LogP contribution in [0.3, 0.4) is 0 Å². The topological polar surface area (TPSA) is 88.8 Å². The van der Waals surface area contributed by atoms with Crippen molar-refractivity contribution in [1.82, 2.24) is 5.32 Å². The first-order valence-corrected chi connectivity index (χ1v) is 4.64. The zero-order valence-electron chi connectivity index (χ0n) is 9.02. The van der Waals surface area contributed by atoms with E-state index in [1.807, 2.05) is 0 Å². The highest BCUT2D eigenvalue weighted by Gasteiger charge is 2.17. The number of aliphatic hydroxyl groups excluding tert-OH is 1. The Kier molecular flexibility index (Phi) is 4.07. The zero-order chi connectivity index (χ0) is 12.1. The van der Waals surface area contributed by atoms with Gasteiger partial charge in [0.1, 0.15) is 12.0 Å². The minimum atomic E-state index is -1.36. The predicted molar refractivity (Wildman–Crippen MR) is 53.8 cm³/mol. The molecule has 1 aromatic rings. The maximum atomic E-state index is 11.4. The summed E-state index contributed by atoms with van der Waals surface area (Å²) in [5.41, 5.74) is 0.342. The molecule has 1 unspecified atom stereocenters. The number of amides is 1. The van der Waals surface area contributed by atoms with Gasteiger partial charge in [-0.2, -0.15) is 0 Å². The van der Waals surface area contributed by atoms with E-state index in [0.29, 0.717) is 11.3 Å². The maximum Gasteiger partial charge on any atom is 0.336 e. The van der Waals surface area contributed by atoms with Gasteiger partial charge in [-0.05, 0) is 13.0 Å². The van der Waals surface area contributed by atoms with Crippen LogP contribution in [0.2, 0.25) is 0 Å². The molecule has 0 bridgehead atoms. The van der Waals surface area contributed by atoms with Gasteiger partial charge in [0, 0.05) is 0 Å². The molecule has 1 atom stereocenters. The van der Waals surface area contributed by atoms with Crippen LogP contribution in [-0.2, 0) is 9.53 Å². The Morgan fingerprint density at radius 3 is 2.81 bits per heavy atom. The van der Waals surface area contributed by atoms with E-state index in [0.717, 1.165) is 7.11 Å². The predicted octanol–water partition coefficient (Wildman–Crippen LogP) is -0.148. The van der Waals surface area contributed by atoms with E-state index in [1.54, 1.807) is 13.0 Å². The van der Waals surface area contributed by atoms with Crippen LogP contribution in [0, 0.1) is 6.92 Å². The van der Waals surface area contributed by atoms with Crippen LogP contribution in [0.1, 0.15) is 16.1 Å². The third-order valence-corrected chi connectivity index (χ3v) is 1.92. The molecule has 2 N–H and O–H groups in total. The Hall–Kier alpha value is -1.82. The van der Waals surface area contributed by atoms with Crippen molar-refractivity contribution in [2.75, 3.05) is 13.7 Å². The second kappa shape index (κ2) is 5.32. The van der Waals surface area contributed by atoms with E-state index >= 15 is 0 Å². The highest BCUT2D eigenvalue weighted by atomic mass is 16.5.